The van der Waals surface area contributed by atoms with Gasteiger partial charge >= 0.3 is 0 Å². The minimum absolute atomic E-state index is 0.0847. The first-order valence-corrected chi connectivity index (χ1v) is 9.01. The minimum Gasteiger partial charge on any atom is -0.493 e. The van der Waals surface area contributed by atoms with Gasteiger partial charge in [0.05, 0.1) is 26.3 Å². The van der Waals surface area contributed by atoms with E-state index in [0.29, 0.717) is 17.3 Å². The highest BCUT2D eigenvalue weighted by atomic mass is 16.5. The zero-order chi connectivity index (χ0) is 19.0. The fourth-order valence-corrected chi connectivity index (χ4v) is 3.45. The van der Waals surface area contributed by atoms with Crippen molar-refractivity contribution in [3.8, 4) is 17.2 Å². The Morgan fingerprint density at radius 3 is 2.63 bits per heavy atom. The molecule has 0 saturated heterocycles. The Labute approximate surface area is 158 Å². The lowest BCUT2D eigenvalue weighted by Crippen LogP contribution is -2.10. The number of methoxy groups -OCH3 is 2. The van der Waals surface area contributed by atoms with Gasteiger partial charge in [-0.05, 0) is 43.2 Å². The molecule has 0 bridgehead atoms. The molecule has 0 aliphatic carbocycles. The first-order valence-electron chi connectivity index (χ1n) is 9.01. The van der Waals surface area contributed by atoms with Crippen LogP contribution in [-0.4, -0.2) is 30.8 Å². The van der Waals surface area contributed by atoms with Gasteiger partial charge in [0.2, 0.25) is 0 Å². The smallest absolute Gasteiger partial charge is 0.162 e. The number of ether oxygens (including phenoxy) is 3. The average molecular weight is 365 g/mol. The van der Waals surface area contributed by atoms with Crippen molar-refractivity contribution < 1.29 is 14.2 Å². The van der Waals surface area contributed by atoms with Crippen molar-refractivity contribution in [2.24, 2.45) is 0 Å². The van der Waals surface area contributed by atoms with E-state index in [9.17, 15) is 0 Å². The van der Waals surface area contributed by atoms with Crippen LogP contribution < -0.4 is 19.5 Å². The number of nitrogens with one attached hydrogen (secondary N) is 1. The summed E-state index contributed by atoms with van der Waals surface area (Å²) in [4.78, 5) is 9.17. The van der Waals surface area contributed by atoms with Gasteiger partial charge in [-0.1, -0.05) is 6.07 Å². The number of fused-ring (bicyclic) bond motifs is 2. The highest BCUT2D eigenvalue weighted by Gasteiger charge is 2.17. The molecular formula is C21H23N3O3. The number of benzene rings is 2. The Morgan fingerprint density at radius 2 is 1.85 bits per heavy atom. The first kappa shape index (κ1) is 17.4. The number of anilines is 1. The van der Waals surface area contributed by atoms with Crippen LogP contribution in [0.4, 0.5) is 5.82 Å². The fourth-order valence-electron chi connectivity index (χ4n) is 3.45. The van der Waals surface area contributed by atoms with Crippen LogP contribution in [0, 0.1) is 6.92 Å². The predicted octanol–water partition coefficient (Wildman–Crippen LogP) is 4.06. The summed E-state index contributed by atoms with van der Waals surface area (Å²) in [5.74, 6) is 3.78. The summed E-state index contributed by atoms with van der Waals surface area (Å²) in [6, 6.07) is 10.2. The topological polar surface area (TPSA) is 65.5 Å². The van der Waals surface area contributed by atoms with Crippen LogP contribution in [0.25, 0.3) is 10.9 Å². The molecule has 2 heterocycles. The molecule has 27 heavy (non-hydrogen) atoms. The third kappa shape index (κ3) is 3.23. The molecule has 0 amide bonds. The largest absolute Gasteiger partial charge is 0.493 e. The summed E-state index contributed by atoms with van der Waals surface area (Å²) < 4.78 is 16.5. The Bertz CT molecular complexity index is 1000. The minimum atomic E-state index is 0.0847. The molecule has 140 valence electrons. The van der Waals surface area contributed by atoms with E-state index in [1.165, 1.54) is 11.1 Å². The van der Waals surface area contributed by atoms with Gasteiger partial charge in [-0.25, -0.2) is 9.97 Å². The normalized spacial score (nSPS) is 13.8. The summed E-state index contributed by atoms with van der Waals surface area (Å²) in [5.41, 5.74) is 3.28. The fraction of sp³-hybridized carbons (Fsp3) is 0.333. The molecule has 1 atom stereocenters. The van der Waals surface area contributed by atoms with Crippen molar-refractivity contribution in [3.05, 3.63) is 47.3 Å². The van der Waals surface area contributed by atoms with E-state index >= 15 is 0 Å². The van der Waals surface area contributed by atoms with Gasteiger partial charge < -0.3 is 19.5 Å². The summed E-state index contributed by atoms with van der Waals surface area (Å²) in [5, 5.41) is 4.43. The van der Waals surface area contributed by atoms with E-state index < -0.39 is 0 Å². The number of hydrogen-bond donors (Lipinski definition) is 1. The van der Waals surface area contributed by atoms with Crippen molar-refractivity contribution in [1.29, 1.82) is 0 Å². The Hall–Kier alpha value is -3.02. The average Bonchev–Trinajstić information content (AvgIpc) is 3.14. The van der Waals surface area contributed by atoms with Crippen LogP contribution in [0.5, 0.6) is 17.2 Å². The van der Waals surface area contributed by atoms with Crippen LogP contribution in [0.2, 0.25) is 0 Å². The molecule has 1 aliphatic heterocycles. The second kappa shape index (κ2) is 6.95. The first-order chi connectivity index (χ1) is 13.1. The van der Waals surface area contributed by atoms with Crippen molar-refractivity contribution in [1.82, 2.24) is 9.97 Å². The standard InChI is InChI=1S/C21H23N3O3/c1-12(14-5-6-18-15(9-14)7-8-27-18)22-21-16-10-19(25-3)20(26-4)11-17(16)23-13(2)24-21/h5-6,9-12H,7-8H2,1-4H3,(H,22,23,24). The van der Waals surface area contributed by atoms with Gasteiger partial charge in [0.25, 0.3) is 0 Å². The second-order valence-corrected chi connectivity index (χ2v) is 6.68. The van der Waals surface area contributed by atoms with Crippen molar-refractivity contribution in [2.75, 3.05) is 26.1 Å². The molecule has 4 rings (SSSR count). The molecule has 2 aromatic carbocycles. The Balaban J connectivity index is 1.72. The van der Waals surface area contributed by atoms with Gasteiger partial charge in [0.1, 0.15) is 17.4 Å². The summed E-state index contributed by atoms with van der Waals surface area (Å²) >= 11 is 0. The number of nitrogens with zero attached hydrogens (tertiary/aromatic N) is 2. The van der Waals surface area contributed by atoms with Gasteiger partial charge in [0.15, 0.2) is 11.5 Å². The van der Waals surface area contributed by atoms with Gasteiger partial charge in [-0.3, -0.25) is 0 Å². The predicted molar refractivity (Wildman–Crippen MR) is 105 cm³/mol. The molecule has 1 aliphatic rings. The Kier molecular flexibility index (Phi) is 4.48. The summed E-state index contributed by atoms with van der Waals surface area (Å²) in [6.45, 7) is 4.78. The molecule has 3 aromatic rings. The zero-order valence-electron chi connectivity index (χ0n) is 16.0. The van der Waals surface area contributed by atoms with E-state index in [2.05, 4.69) is 34.3 Å². The van der Waals surface area contributed by atoms with Gasteiger partial charge in [0, 0.05) is 23.9 Å². The SMILES string of the molecule is COc1cc2nc(C)nc(NC(C)c3ccc4c(c3)CCO4)c2cc1OC. The number of aryl methyl sites for hydroxylation is 1. The van der Waals surface area contributed by atoms with Crippen molar-refractivity contribution in [2.45, 2.75) is 26.3 Å². The van der Waals surface area contributed by atoms with E-state index in [0.717, 1.165) is 35.5 Å². The quantitative estimate of drug-likeness (QED) is 0.735. The van der Waals surface area contributed by atoms with Crippen molar-refractivity contribution >= 4 is 16.7 Å². The lowest BCUT2D eigenvalue weighted by atomic mass is 10.0. The van der Waals surface area contributed by atoms with Crippen molar-refractivity contribution in [3.63, 3.8) is 0 Å². The number of hydrogen-bond acceptors (Lipinski definition) is 6. The molecule has 1 N–H and O–H groups in total. The van der Waals surface area contributed by atoms with E-state index in [1.54, 1.807) is 14.2 Å². The van der Waals surface area contributed by atoms with Crippen LogP contribution in [-0.2, 0) is 6.42 Å². The van der Waals surface area contributed by atoms with Gasteiger partial charge in [-0.15, -0.1) is 0 Å². The maximum absolute atomic E-state index is 5.61. The third-order valence-electron chi connectivity index (χ3n) is 4.88. The van der Waals surface area contributed by atoms with E-state index in [-0.39, 0.29) is 6.04 Å². The molecule has 0 fully saturated rings. The number of aromatic nitrogens is 2. The van der Waals surface area contributed by atoms with Gasteiger partial charge in [-0.2, -0.15) is 0 Å². The second-order valence-electron chi connectivity index (χ2n) is 6.68. The molecule has 0 saturated carbocycles. The lowest BCUT2D eigenvalue weighted by Gasteiger charge is -2.18. The van der Waals surface area contributed by atoms with Crippen LogP contribution in [0.1, 0.15) is 29.9 Å². The van der Waals surface area contributed by atoms with Crippen LogP contribution >= 0.6 is 0 Å². The highest BCUT2D eigenvalue weighted by molar-refractivity contribution is 5.92. The van der Waals surface area contributed by atoms with Crippen LogP contribution in [0.3, 0.4) is 0 Å². The zero-order valence-corrected chi connectivity index (χ0v) is 16.0. The summed E-state index contributed by atoms with van der Waals surface area (Å²) in [6.07, 6.45) is 0.961. The van der Waals surface area contributed by atoms with E-state index in [4.69, 9.17) is 14.2 Å². The molecule has 0 spiro atoms. The highest BCUT2D eigenvalue weighted by Crippen LogP contribution is 2.35. The molecule has 6 nitrogen and oxygen atoms in total. The molecule has 1 aromatic heterocycles. The molecule has 0 radical (unpaired) electrons. The Morgan fingerprint density at radius 1 is 1.07 bits per heavy atom. The summed E-state index contributed by atoms with van der Waals surface area (Å²) in [7, 11) is 3.25. The number of rotatable bonds is 5. The van der Waals surface area contributed by atoms with Crippen LogP contribution in [0.15, 0.2) is 30.3 Å². The molecule has 6 heteroatoms. The maximum atomic E-state index is 5.61. The third-order valence-corrected chi connectivity index (χ3v) is 4.88. The lowest BCUT2D eigenvalue weighted by molar-refractivity contribution is 0.356. The monoisotopic (exact) mass is 365 g/mol. The molecular weight excluding hydrogens is 342 g/mol. The maximum Gasteiger partial charge on any atom is 0.162 e. The van der Waals surface area contributed by atoms with E-state index in [1.807, 2.05) is 25.1 Å². The molecule has 1 unspecified atom stereocenters.